The molecule has 3 rings (SSSR count). The Labute approximate surface area is 125 Å². The molecule has 0 N–H and O–H groups in total. The van der Waals surface area contributed by atoms with E-state index in [1.807, 2.05) is 24.3 Å². The molecule has 20 heavy (non-hydrogen) atoms. The van der Waals surface area contributed by atoms with Gasteiger partial charge < -0.3 is 4.74 Å². The molecule has 1 aliphatic rings. The first-order valence-corrected chi connectivity index (χ1v) is 7.85. The van der Waals surface area contributed by atoms with Crippen LogP contribution in [0.4, 0.5) is 0 Å². The summed E-state index contributed by atoms with van der Waals surface area (Å²) in [6.45, 7) is 2.28. The molecule has 0 atom stereocenters. The van der Waals surface area contributed by atoms with Crippen molar-refractivity contribution in [1.82, 2.24) is 4.98 Å². The molecule has 1 heterocycles. The van der Waals surface area contributed by atoms with Crippen LogP contribution in [0.3, 0.4) is 0 Å². The van der Waals surface area contributed by atoms with Gasteiger partial charge in [-0.05, 0) is 55.9 Å². The van der Waals surface area contributed by atoms with Crippen molar-refractivity contribution in [1.29, 1.82) is 0 Å². The van der Waals surface area contributed by atoms with Crippen LogP contribution in [0.1, 0.15) is 39.0 Å². The van der Waals surface area contributed by atoms with Gasteiger partial charge in [0, 0.05) is 11.6 Å². The Morgan fingerprint density at radius 2 is 2.00 bits per heavy atom. The third kappa shape index (κ3) is 2.90. The molecule has 1 fully saturated rings. The molecule has 3 heteroatoms. The van der Waals surface area contributed by atoms with Gasteiger partial charge in [0.05, 0.1) is 16.6 Å². The van der Waals surface area contributed by atoms with E-state index < -0.39 is 0 Å². The van der Waals surface area contributed by atoms with Gasteiger partial charge in [-0.1, -0.05) is 24.9 Å². The van der Waals surface area contributed by atoms with Gasteiger partial charge in [0.1, 0.15) is 5.75 Å². The highest BCUT2D eigenvalue weighted by Gasteiger charge is 2.21. The summed E-state index contributed by atoms with van der Waals surface area (Å²) in [6.07, 6.45) is 8.29. The van der Waals surface area contributed by atoms with Gasteiger partial charge >= 0.3 is 0 Å². The van der Waals surface area contributed by atoms with Crippen molar-refractivity contribution in [2.75, 3.05) is 0 Å². The maximum Gasteiger partial charge on any atom is 0.120 e. The van der Waals surface area contributed by atoms with Crippen molar-refractivity contribution in [3.8, 4) is 5.75 Å². The van der Waals surface area contributed by atoms with Crippen molar-refractivity contribution in [2.45, 2.75) is 45.1 Å². The van der Waals surface area contributed by atoms with Crippen LogP contribution >= 0.6 is 11.6 Å². The van der Waals surface area contributed by atoms with Crippen LogP contribution in [-0.2, 0) is 0 Å². The molecular weight excluding hydrogens is 270 g/mol. The normalized spacial score (nSPS) is 22.9. The van der Waals surface area contributed by atoms with Crippen LogP contribution in [0.25, 0.3) is 10.9 Å². The number of hydrogen-bond donors (Lipinski definition) is 0. The number of halogens is 1. The van der Waals surface area contributed by atoms with E-state index in [0.717, 1.165) is 40.4 Å². The zero-order valence-electron chi connectivity index (χ0n) is 11.8. The highest BCUT2D eigenvalue weighted by atomic mass is 35.5. The molecule has 0 spiro atoms. The van der Waals surface area contributed by atoms with Crippen LogP contribution in [0, 0.1) is 5.92 Å². The molecule has 0 aliphatic heterocycles. The minimum absolute atomic E-state index is 0.352. The Balaban J connectivity index is 1.73. The molecule has 2 aromatic rings. The fourth-order valence-corrected chi connectivity index (χ4v) is 3.22. The van der Waals surface area contributed by atoms with Crippen molar-refractivity contribution in [3.05, 3.63) is 35.5 Å². The number of hydrogen-bond acceptors (Lipinski definition) is 2. The summed E-state index contributed by atoms with van der Waals surface area (Å²) in [5.74, 6) is 1.80. The Kier molecular flexibility index (Phi) is 4.11. The second kappa shape index (κ2) is 6.01. The molecule has 1 aromatic carbocycles. The number of aromatic nitrogens is 1. The predicted octanol–water partition coefficient (Wildman–Crippen LogP) is 5.24. The largest absolute Gasteiger partial charge is 0.490 e. The summed E-state index contributed by atoms with van der Waals surface area (Å²) in [5, 5.41) is 1.70. The molecule has 0 saturated heterocycles. The lowest BCUT2D eigenvalue weighted by atomic mass is 9.86. The number of benzene rings is 1. The Bertz CT molecular complexity index is 591. The molecule has 1 aromatic heterocycles. The lowest BCUT2D eigenvalue weighted by molar-refractivity contribution is 0.130. The summed E-state index contributed by atoms with van der Waals surface area (Å²) < 4.78 is 6.12. The first-order valence-electron chi connectivity index (χ1n) is 7.47. The van der Waals surface area contributed by atoms with Gasteiger partial charge in [-0.15, -0.1) is 0 Å². The van der Waals surface area contributed by atoms with E-state index in [0.29, 0.717) is 6.10 Å². The van der Waals surface area contributed by atoms with E-state index in [4.69, 9.17) is 16.3 Å². The Morgan fingerprint density at radius 1 is 1.20 bits per heavy atom. The summed E-state index contributed by atoms with van der Waals surface area (Å²) in [4.78, 5) is 4.31. The first kappa shape index (κ1) is 13.7. The molecule has 1 aliphatic carbocycles. The van der Waals surface area contributed by atoms with Crippen LogP contribution in [0.5, 0.6) is 5.75 Å². The quantitative estimate of drug-likeness (QED) is 0.771. The summed E-state index contributed by atoms with van der Waals surface area (Å²) in [5.41, 5.74) is 0.916. The minimum atomic E-state index is 0.352. The number of ether oxygens (including phenoxy) is 1. The molecule has 0 amide bonds. The molecule has 0 radical (unpaired) electrons. The third-order valence-electron chi connectivity index (χ3n) is 4.33. The van der Waals surface area contributed by atoms with E-state index in [2.05, 4.69) is 11.9 Å². The van der Waals surface area contributed by atoms with Gasteiger partial charge in [0.25, 0.3) is 0 Å². The van der Waals surface area contributed by atoms with Gasteiger partial charge in [0.15, 0.2) is 0 Å². The van der Waals surface area contributed by atoms with E-state index in [-0.39, 0.29) is 0 Å². The maximum atomic E-state index is 6.21. The standard InChI is InChI=1S/C17H20ClNO/c1-2-12-3-5-13(6-4-12)20-14-7-8-17-15(11-14)16(18)9-10-19-17/h7-13H,2-6H2,1H3/t12-,13+. The summed E-state index contributed by atoms with van der Waals surface area (Å²) >= 11 is 6.21. The third-order valence-corrected chi connectivity index (χ3v) is 4.66. The molecule has 0 unspecified atom stereocenters. The summed E-state index contributed by atoms with van der Waals surface area (Å²) in [7, 11) is 0. The zero-order chi connectivity index (χ0) is 13.9. The molecule has 106 valence electrons. The van der Waals surface area contributed by atoms with Crippen molar-refractivity contribution >= 4 is 22.5 Å². The average Bonchev–Trinajstić information content (AvgIpc) is 2.49. The topological polar surface area (TPSA) is 22.1 Å². The summed E-state index contributed by atoms with van der Waals surface area (Å²) in [6, 6.07) is 7.81. The first-order chi connectivity index (χ1) is 9.76. The van der Waals surface area contributed by atoms with Crippen molar-refractivity contribution in [3.63, 3.8) is 0 Å². The van der Waals surface area contributed by atoms with Crippen LogP contribution in [-0.4, -0.2) is 11.1 Å². The Hall–Kier alpha value is -1.28. The maximum absolute atomic E-state index is 6.21. The number of nitrogens with zero attached hydrogens (tertiary/aromatic N) is 1. The minimum Gasteiger partial charge on any atom is -0.490 e. The Morgan fingerprint density at radius 3 is 2.75 bits per heavy atom. The highest BCUT2D eigenvalue weighted by molar-refractivity contribution is 6.35. The molecule has 0 bridgehead atoms. The van der Waals surface area contributed by atoms with E-state index in [1.54, 1.807) is 6.20 Å². The van der Waals surface area contributed by atoms with E-state index in [1.165, 1.54) is 19.3 Å². The fraction of sp³-hybridized carbons (Fsp3) is 0.471. The molecular formula is C17H20ClNO. The van der Waals surface area contributed by atoms with E-state index in [9.17, 15) is 0 Å². The van der Waals surface area contributed by atoms with Gasteiger partial charge in [0.2, 0.25) is 0 Å². The smallest absolute Gasteiger partial charge is 0.120 e. The van der Waals surface area contributed by atoms with E-state index >= 15 is 0 Å². The molecule has 1 saturated carbocycles. The van der Waals surface area contributed by atoms with Gasteiger partial charge in [-0.25, -0.2) is 0 Å². The number of rotatable bonds is 3. The van der Waals surface area contributed by atoms with Crippen molar-refractivity contribution in [2.24, 2.45) is 5.92 Å². The SMILES string of the molecule is CC[C@H]1CC[C@@H](Oc2ccc3nccc(Cl)c3c2)CC1. The molecule has 2 nitrogen and oxygen atoms in total. The van der Waals surface area contributed by atoms with Gasteiger partial charge in [-0.2, -0.15) is 0 Å². The monoisotopic (exact) mass is 289 g/mol. The predicted molar refractivity (Wildman–Crippen MR) is 83.4 cm³/mol. The lowest BCUT2D eigenvalue weighted by Gasteiger charge is -2.28. The zero-order valence-corrected chi connectivity index (χ0v) is 12.6. The lowest BCUT2D eigenvalue weighted by Crippen LogP contribution is -2.23. The fourth-order valence-electron chi connectivity index (χ4n) is 3.02. The van der Waals surface area contributed by atoms with Crippen LogP contribution < -0.4 is 4.74 Å². The average molecular weight is 290 g/mol. The number of pyridine rings is 1. The number of fused-ring (bicyclic) bond motifs is 1. The van der Waals surface area contributed by atoms with Crippen LogP contribution in [0.2, 0.25) is 5.02 Å². The second-order valence-corrected chi connectivity index (χ2v) is 6.05. The highest BCUT2D eigenvalue weighted by Crippen LogP contribution is 2.31. The van der Waals surface area contributed by atoms with Crippen molar-refractivity contribution < 1.29 is 4.74 Å². The van der Waals surface area contributed by atoms with Gasteiger partial charge in [-0.3, -0.25) is 4.98 Å². The second-order valence-electron chi connectivity index (χ2n) is 5.64. The van der Waals surface area contributed by atoms with Crippen LogP contribution in [0.15, 0.2) is 30.5 Å².